The zero-order valence-corrected chi connectivity index (χ0v) is 22.4. The average Bonchev–Trinajstić information content (AvgIpc) is 3.11. The van der Waals surface area contributed by atoms with Crippen LogP contribution in [-0.2, 0) is 4.74 Å². The molecule has 188 valence electrons. The summed E-state index contributed by atoms with van der Waals surface area (Å²) in [6.45, 7) is 15.1. The minimum Gasteiger partial charge on any atom is -0.446 e. The predicted molar refractivity (Wildman–Crippen MR) is 137 cm³/mol. The molecular weight excluding hydrogens is 406 g/mol. The van der Waals surface area contributed by atoms with Crippen molar-refractivity contribution < 1.29 is 9.53 Å². The van der Waals surface area contributed by atoms with Gasteiger partial charge in [-0.25, -0.2) is 4.79 Å². The van der Waals surface area contributed by atoms with Gasteiger partial charge in [0.15, 0.2) is 0 Å². The van der Waals surface area contributed by atoms with Crippen molar-refractivity contribution in [1.29, 1.82) is 0 Å². The molecule has 4 rings (SSSR count). The van der Waals surface area contributed by atoms with Crippen LogP contribution >= 0.6 is 0 Å². The fraction of sp³-hybridized carbons (Fsp3) is 0.900. The maximum Gasteiger partial charge on any atom is 0.407 e. The van der Waals surface area contributed by atoms with Gasteiger partial charge in [-0.3, -0.25) is 0 Å². The van der Waals surface area contributed by atoms with E-state index >= 15 is 0 Å². The molecule has 0 aliphatic heterocycles. The van der Waals surface area contributed by atoms with E-state index in [0.29, 0.717) is 17.4 Å². The highest BCUT2D eigenvalue weighted by Crippen LogP contribution is 2.67. The normalized spacial score (nSPS) is 40.9. The molecule has 0 aromatic heterocycles. The fourth-order valence-electron chi connectivity index (χ4n) is 9.09. The molecule has 0 spiro atoms. The van der Waals surface area contributed by atoms with Gasteiger partial charge in [-0.05, 0) is 98.2 Å². The van der Waals surface area contributed by atoms with Crippen LogP contribution in [0.4, 0.5) is 4.79 Å². The monoisotopic (exact) mass is 457 g/mol. The maximum atomic E-state index is 12.0. The van der Waals surface area contributed by atoms with Gasteiger partial charge in [0, 0.05) is 13.0 Å². The quantitative estimate of drug-likeness (QED) is 0.392. The smallest absolute Gasteiger partial charge is 0.407 e. The lowest BCUT2D eigenvalue weighted by molar-refractivity contribution is -0.0581. The molecule has 3 nitrogen and oxygen atoms in total. The Morgan fingerprint density at radius 3 is 2.61 bits per heavy atom. The van der Waals surface area contributed by atoms with Gasteiger partial charge in [0.2, 0.25) is 0 Å². The molecular formula is C30H51NO2. The molecule has 0 bridgehead atoms. The van der Waals surface area contributed by atoms with Crippen molar-refractivity contribution in [2.24, 2.45) is 46.3 Å². The Morgan fingerprint density at radius 2 is 1.88 bits per heavy atom. The minimum atomic E-state index is -0.242. The van der Waals surface area contributed by atoms with Gasteiger partial charge in [-0.2, -0.15) is 0 Å². The van der Waals surface area contributed by atoms with E-state index in [2.05, 4.69) is 46.0 Å². The summed E-state index contributed by atoms with van der Waals surface area (Å²) in [5.74, 6) is 5.25. The second kappa shape index (κ2) is 9.94. The molecule has 1 amide bonds. The zero-order valence-electron chi connectivity index (χ0n) is 22.4. The molecule has 0 radical (unpaired) electrons. The second-order valence-electron chi connectivity index (χ2n) is 13.1. The van der Waals surface area contributed by atoms with Crippen LogP contribution in [0.2, 0.25) is 0 Å². The lowest BCUT2D eigenvalue weighted by Crippen LogP contribution is -2.51. The number of ether oxygens (including phenoxy) is 1. The highest BCUT2D eigenvalue weighted by Gasteiger charge is 2.59. The molecule has 0 unspecified atom stereocenters. The molecule has 0 heterocycles. The van der Waals surface area contributed by atoms with Crippen LogP contribution in [-0.4, -0.2) is 18.7 Å². The van der Waals surface area contributed by atoms with Crippen LogP contribution in [0.25, 0.3) is 0 Å². The topological polar surface area (TPSA) is 38.3 Å². The highest BCUT2D eigenvalue weighted by atomic mass is 16.6. The van der Waals surface area contributed by atoms with Crippen LogP contribution in [0.15, 0.2) is 11.6 Å². The third-order valence-corrected chi connectivity index (χ3v) is 10.9. The molecule has 0 saturated heterocycles. The summed E-state index contributed by atoms with van der Waals surface area (Å²) >= 11 is 0. The van der Waals surface area contributed by atoms with Crippen molar-refractivity contribution in [3.8, 4) is 0 Å². The second-order valence-corrected chi connectivity index (χ2v) is 13.1. The van der Waals surface area contributed by atoms with Gasteiger partial charge in [0.25, 0.3) is 0 Å². The number of hydrogen-bond acceptors (Lipinski definition) is 2. The van der Waals surface area contributed by atoms with Crippen molar-refractivity contribution in [1.82, 2.24) is 5.32 Å². The largest absolute Gasteiger partial charge is 0.446 e. The van der Waals surface area contributed by atoms with Crippen molar-refractivity contribution >= 4 is 6.09 Å². The summed E-state index contributed by atoms with van der Waals surface area (Å²) in [5.41, 5.74) is 2.48. The molecule has 3 fully saturated rings. The molecule has 4 aliphatic rings. The van der Waals surface area contributed by atoms with Crippen molar-refractivity contribution in [2.45, 2.75) is 118 Å². The van der Waals surface area contributed by atoms with Crippen molar-refractivity contribution in [3.63, 3.8) is 0 Å². The van der Waals surface area contributed by atoms with Crippen molar-refractivity contribution in [2.75, 3.05) is 6.54 Å². The van der Waals surface area contributed by atoms with E-state index in [1.165, 1.54) is 57.8 Å². The van der Waals surface area contributed by atoms with Gasteiger partial charge in [-0.1, -0.05) is 65.5 Å². The van der Waals surface area contributed by atoms with Crippen LogP contribution in [0.3, 0.4) is 0 Å². The van der Waals surface area contributed by atoms with Crippen LogP contribution < -0.4 is 5.32 Å². The third-order valence-electron chi connectivity index (χ3n) is 10.9. The van der Waals surface area contributed by atoms with Crippen LogP contribution in [0.5, 0.6) is 0 Å². The predicted octanol–water partition coefficient (Wildman–Crippen LogP) is 8.14. The first-order valence-corrected chi connectivity index (χ1v) is 14.3. The first-order chi connectivity index (χ1) is 15.7. The molecule has 4 aliphatic carbocycles. The zero-order chi connectivity index (χ0) is 23.8. The standard InChI is InChI=1S/C30H51NO2/c1-7-31-28(32)33-23-15-17-29(5)22(19-23)11-12-24-26-14-13-25(21(4)10-8-9-20(2)3)30(26,6)18-16-27(24)29/h11,20-21,23-27H,7-10,12-19H2,1-6H3,(H,31,32)/t21-,23+,24-,25+,26-,27-,29+,30+/m1/s1. The first-order valence-electron chi connectivity index (χ1n) is 14.3. The Balaban J connectivity index is 1.43. The van der Waals surface area contributed by atoms with Gasteiger partial charge < -0.3 is 10.1 Å². The number of hydrogen-bond donors (Lipinski definition) is 1. The molecule has 1 N–H and O–H groups in total. The molecule has 8 atom stereocenters. The van der Waals surface area contributed by atoms with E-state index in [1.807, 2.05) is 6.92 Å². The summed E-state index contributed by atoms with van der Waals surface area (Å²) < 4.78 is 5.74. The summed E-state index contributed by atoms with van der Waals surface area (Å²) in [6, 6.07) is 0. The van der Waals surface area contributed by atoms with Gasteiger partial charge in [0.1, 0.15) is 6.10 Å². The number of allylic oxidation sites excluding steroid dienone is 1. The summed E-state index contributed by atoms with van der Waals surface area (Å²) in [6.07, 6.45) is 16.8. The van der Waals surface area contributed by atoms with Gasteiger partial charge in [-0.15, -0.1) is 0 Å². The van der Waals surface area contributed by atoms with Crippen LogP contribution in [0.1, 0.15) is 112 Å². The number of carbonyl (C=O) groups excluding carboxylic acids is 1. The Labute approximate surface area is 203 Å². The minimum absolute atomic E-state index is 0.0591. The van der Waals surface area contributed by atoms with Gasteiger partial charge >= 0.3 is 6.09 Å². The van der Waals surface area contributed by atoms with E-state index < -0.39 is 0 Å². The Bertz CT molecular complexity index is 729. The SMILES string of the molecule is CCNC(=O)O[C@H]1CC[C@@]2(C)C(=CC[C@@H]3[C@H]4CC[C@@H]([C@H](C)CCCC(C)C)[C@]4(C)CC[C@H]32)C1. The Morgan fingerprint density at radius 1 is 1.09 bits per heavy atom. The van der Waals surface area contributed by atoms with E-state index in [0.717, 1.165) is 48.3 Å². The van der Waals surface area contributed by atoms with Gasteiger partial charge in [0.05, 0.1) is 0 Å². The lowest BCUT2D eigenvalue weighted by Gasteiger charge is -2.58. The number of carbonyl (C=O) groups is 1. The Kier molecular flexibility index (Phi) is 7.56. The number of rotatable bonds is 7. The van der Waals surface area contributed by atoms with E-state index in [1.54, 1.807) is 5.57 Å². The molecule has 0 aromatic rings. The highest BCUT2D eigenvalue weighted by molar-refractivity contribution is 5.67. The van der Waals surface area contributed by atoms with Crippen molar-refractivity contribution in [3.05, 3.63) is 11.6 Å². The molecule has 0 aromatic carbocycles. The molecule has 3 heteroatoms. The molecule has 33 heavy (non-hydrogen) atoms. The first kappa shape index (κ1) is 25.1. The number of fused-ring (bicyclic) bond motifs is 5. The van der Waals surface area contributed by atoms with E-state index in [9.17, 15) is 4.79 Å². The Hall–Kier alpha value is -0.990. The third kappa shape index (κ3) is 4.76. The number of amides is 1. The van der Waals surface area contributed by atoms with Crippen LogP contribution in [0, 0.1) is 46.3 Å². The summed E-state index contributed by atoms with van der Waals surface area (Å²) in [7, 11) is 0. The number of nitrogens with one attached hydrogen (secondary N) is 1. The van der Waals surface area contributed by atoms with E-state index in [-0.39, 0.29) is 12.2 Å². The van der Waals surface area contributed by atoms with E-state index in [4.69, 9.17) is 4.74 Å². The number of alkyl carbamates (subject to hydrolysis) is 1. The lowest BCUT2D eigenvalue weighted by atomic mass is 9.47. The average molecular weight is 458 g/mol. The molecule has 3 saturated carbocycles. The maximum absolute atomic E-state index is 12.0. The fourth-order valence-corrected chi connectivity index (χ4v) is 9.09. The summed E-state index contributed by atoms with van der Waals surface area (Å²) in [5, 5.41) is 2.80. The summed E-state index contributed by atoms with van der Waals surface area (Å²) in [4.78, 5) is 12.0.